The zero-order valence-electron chi connectivity index (χ0n) is 12.3. The van der Waals surface area contributed by atoms with Gasteiger partial charge >= 0.3 is 0 Å². The van der Waals surface area contributed by atoms with Gasteiger partial charge in [-0.1, -0.05) is 6.92 Å². The van der Waals surface area contributed by atoms with E-state index in [1.165, 1.54) is 12.8 Å². The highest BCUT2D eigenvalue weighted by Gasteiger charge is 2.21. The lowest BCUT2D eigenvalue weighted by atomic mass is 10.1. The monoisotopic (exact) mass is 269 g/mol. The maximum atomic E-state index is 12.0. The van der Waals surface area contributed by atoms with Crippen LogP contribution in [0.5, 0.6) is 0 Å². The summed E-state index contributed by atoms with van der Waals surface area (Å²) in [5, 5.41) is 19.0. The Kier molecular flexibility index (Phi) is 6.87. The molecule has 1 aliphatic rings. The molecule has 0 heterocycles. The number of rotatable bonds is 9. The minimum atomic E-state index is -0.526. The zero-order valence-corrected chi connectivity index (χ0v) is 12.3. The van der Waals surface area contributed by atoms with E-state index in [9.17, 15) is 9.90 Å². The van der Waals surface area contributed by atoms with Gasteiger partial charge in [-0.3, -0.25) is 4.79 Å². The smallest absolute Gasteiger partial charge is 0.249 e. The summed E-state index contributed by atoms with van der Waals surface area (Å²) in [5.41, 5.74) is 1.66. The number of nitrogens with one attached hydrogen (secondary N) is 3. The van der Waals surface area contributed by atoms with Crippen LogP contribution in [0.4, 0.5) is 0 Å². The minimum Gasteiger partial charge on any atom is -0.390 e. The highest BCUT2D eigenvalue weighted by Crippen LogP contribution is 2.18. The third-order valence-corrected chi connectivity index (χ3v) is 3.24. The van der Waals surface area contributed by atoms with Crippen molar-refractivity contribution in [3.63, 3.8) is 0 Å². The van der Waals surface area contributed by atoms with E-state index in [2.05, 4.69) is 16.0 Å². The van der Waals surface area contributed by atoms with Crippen molar-refractivity contribution in [1.29, 1.82) is 0 Å². The van der Waals surface area contributed by atoms with E-state index in [1.54, 1.807) is 0 Å². The fraction of sp³-hybridized carbons (Fsp3) is 0.786. The number of allylic oxidation sites excluding steroid dienone is 1. The molecule has 1 saturated carbocycles. The summed E-state index contributed by atoms with van der Waals surface area (Å²) >= 11 is 0. The Morgan fingerprint density at radius 2 is 1.95 bits per heavy atom. The molecule has 0 aromatic carbocycles. The van der Waals surface area contributed by atoms with Crippen LogP contribution in [0.25, 0.3) is 0 Å². The Labute approximate surface area is 115 Å². The molecule has 1 rings (SSSR count). The molecule has 0 aromatic rings. The molecule has 0 bridgehead atoms. The Balaban J connectivity index is 2.32. The predicted octanol–water partition coefficient (Wildman–Crippen LogP) is 0.509. The summed E-state index contributed by atoms with van der Waals surface area (Å²) in [5.74, 6) is -0.0913. The fourth-order valence-corrected chi connectivity index (χ4v) is 1.95. The molecule has 1 atom stereocenters. The van der Waals surface area contributed by atoms with Crippen molar-refractivity contribution < 1.29 is 9.90 Å². The fourth-order valence-electron chi connectivity index (χ4n) is 1.95. The van der Waals surface area contributed by atoms with Gasteiger partial charge in [0.05, 0.1) is 6.10 Å². The largest absolute Gasteiger partial charge is 0.390 e. The van der Waals surface area contributed by atoms with Crippen LogP contribution in [0.3, 0.4) is 0 Å². The zero-order chi connectivity index (χ0) is 14.3. The molecule has 0 spiro atoms. The topological polar surface area (TPSA) is 73.4 Å². The Morgan fingerprint density at radius 3 is 2.47 bits per heavy atom. The van der Waals surface area contributed by atoms with Gasteiger partial charge in [0.2, 0.25) is 5.91 Å². The highest BCUT2D eigenvalue weighted by atomic mass is 16.3. The third kappa shape index (κ3) is 6.07. The Morgan fingerprint density at radius 1 is 1.26 bits per heavy atom. The van der Waals surface area contributed by atoms with Crippen LogP contribution in [0.1, 0.15) is 40.0 Å². The summed E-state index contributed by atoms with van der Waals surface area (Å²) < 4.78 is 0. The maximum absolute atomic E-state index is 12.0. The molecular formula is C14H27N3O2. The number of aliphatic hydroxyl groups is 1. The maximum Gasteiger partial charge on any atom is 0.249 e. The average molecular weight is 269 g/mol. The summed E-state index contributed by atoms with van der Waals surface area (Å²) in [7, 11) is 0. The van der Waals surface area contributed by atoms with Gasteiger partial charge in [0.15, 0.2) is 0 Å². The Bertz CT molecular complexity index is 325. The number of hydrogen-bond acceptors (Lipinski definition) is 4. The van der Waals surface area contributed by atoms with Gasteiger partial charge in [0.1, 0.15) is 0 Å². The molecule has 1 aliphatic carbocycles. The molecule has 0 saturated heterocycles. The molecule has 4 N–H and O–H groups in total. The number of hydrogen-bond donors (Lipinski definition) is 4. The first-order valence-corrected chi connectivity index (χ1v) is 7.21. The second-order valence-electron chi connectivity index (χ2n) is 5.03. The SMILES string of the molecule is CCN/C(C)=C(\CC)C(=O)NCC(O)CNC1CC1. The summed E-state index contributed by atoms with van der Waals surface area (Å²) in [6, 6.07) is 0.576. The van der Waals surface area contributed by atoms with Crippen LogP contribution < -0.4 is 16.0 Å². The second kappa shape index (κ2) is 8.17. The first kappa shape index (κ1) is 16.0. The van der Waals surface area contributed by atoms with Crippen molar-refractivity contribution in [3.05, 3.63) is 11.3 Å². The van der Waals surface area contributed by atoms with Gasteiger partial charge in [-0.15, -0.1) is 0 Å². The van der Waals surface area contributed by atoms with Crippen LogP contribution in [-0.2, 0) is 4.79 Å². The average Bonchev–Trinajstić information content (AvgIpc) is 3.19. The van der Waals surface area contributed by atoms with Gasteiger partial charge in [-0.05, 0) is 33.1 Å². The van der Waals surface area contributed by atoms with Crippen molar-refractivity contribution in [2.24, 2.45) is 0 Å². The van der Waals surface area contributed by atoms with Gasteiger partial charge in [-0.2, -0.15) is 0 Å². The van der Waals surface area contributed by atoms with E-state index in [-0.39, 0.29) is 5.91 Å². The molecule has 0 aliphatic heterocycles. The van der Waals surface area contributed by atoms with E-state index in [0.29, 0.717) is 25.6 Å². The molecule has 0 aromatic heterocycles. The van der Waals surface area contributed by atoms with Crippen molar-refractivity contribution >= 4 is 5.91 Å². The van der Waals surface area contributed by atoms with Crippen molar-refractivity contribution in [1.82, 2.24) is 16.0 Å². The first-order valence-electron chi connectivity index (χ1n) is 7.21. The van der Waals surface area contributed by atoms with Gasteiger partial charge in [0, 0.05) is 36.9 Å². The van der Waals surface area contributed by atoms with Crippen LogP contribution in [0, 0.1) is 0 Å². The molecule has 19 heavy (non-hydrogen) atoms. The quantitative estimate of drug-likeness (QED) is 0.460. The third-order valence-electron chi connectivity index (χ3n) is 3.24. The molecule has 0 radical (unpaired) electrons. The van der Waals surface area contributed by atoms with E-state index >= 15 is 0 Å². The molecule has 1 unspecified atom stereocenters. The van der Waals surface area contributed by atoms with E-state index in [4.69, 9.17) is 0 Å². The molecule has 5 nitrogen and oxygen atoms in total. The van der Waals surface area contributed by atoms with Crippen molar-refractivity contribution in [2.45, 2.75) is 52.2 Å². The number of amides is 1. The normalized spacial score (nSPS) is 17.7. The summed E-state index contributed by atoms with van der Waals surface area (Å²) in [4.78, 5) is 12.0. The Hall–Kier alpha value is -1.07. The van der Waals surface area contributed by atoms with Gasteiger partial charge in [-0.25, -0.2) is 0 Å². The lowest BCUT2D eigenvalue weighted by molar-refractivity contribution is -0.118. The van der Waals surface area contributed by atoms with Gasteiger partial charge < -0.3 is 21.1 Å². The summed E-state index contributed by atoms with van der Waals surface area (Å²) in [6.45, 7) is 7.51. The van der Waals surface area contributed by atoms with E-state index < -0.39 is 6.10 Å². The highest BCUT2D eigenvalue weighted by molar-refractivity contribution is 5.93. The molecule has 1 amide bonds. The lowest BCUT2D eigenvalue weighted by Crippen LogP contribution is -2.39. The minimum absolute atomic E-state index is 0.0913. The van der Waals surface area contributed by atoms with Crippen LogP contribution in [-0.4, -0.2) is 42.8 Å². The summed E-state index contributed by atoms with van der Waals surface area (Å²) in [6.07, 6.45) is 2.55. The van der Waals surface area contributed by atoms with E-state index in [1.807, 2.05) is 20.8 Å². The molecular weight excluding hydrogens is 242 g/mol. The van der Waals surface area contributed by atoms with Crippen molar-refractivity contribution in [3.8, 4) is 0 Å². The number of carbonyl (C=O) groups excluding carboxylic acids is 1. The molecule has 110 valence electrons. The standard InChI is InChI=1S/C14H27N3O2/c1-4-13(10(3)15-5-2)14(19)17-9-12(18)8-16-11-6-7-11/h11-12,15-16,18H,4-9H2,1-3H3,(H,17,19)/b13-10+. The molecule has 1 fully saturated rings. The lowest BCUT2D eigenvalue weighted by Gasteiger charge is -2.15. The van der Waals surface area contributed by atoms with Crippen LogP contribution >= 0.6 is 0 Å². The van der Waals surface area contributed by atoms with E-state index in [0.717, 1.165) is 17.8 Å². The van der Waals surface area contributed by atoms with Crippen LogP contribution in [0.15, 0.2) is 11.3 Å². The number of aliphatic hydroxyl groups excluding tert-OH is 1. The number of carbonyl (C=O) groups is 1. The second-order valence-corrected chi connectivity index (χ2v) is 5.03. The first-order chi connectivity index (χ1) is 9.08. The van der Waals surface area contributed by atoms with Gasteiger partial charge in [0.25, 0.3) is 0 Å². The predicted molar refractivity (Wildman–Crippen MR) is 76.7 cm³/mol. The van der Waals surface area contributed by atoms with Crippen molar-refractivity contribution in [2.75, 3.05) is 19.6 Å². The van der Waals surface area contributed by atoms with Crippen LogP contribution in [0.2, 0.25) is 0 Å². The molecule has 5 heteroatoms.